The van der Waals surface area contributed by atoms with Gasteiger partial charge in [-0.25, -0.2) is 9.78 Å². The quantitative estimate of drug-likeness (QED) is 0.691. The van der Waals surface area contributed by atoms with Crippen LogP contribution in [-0.2, 0) is 6.54 Å². The molecule has 0 fully saturated rings. The third-order valence-corrected chi connectivity index (χ3v) is 1.89. The Hall–Kier alpha value is -2.17. The molecule has 0 saturated carbocycles. The number of hydrogen-bond donors (Lipinski definition) is 0. The van der Waals surface area contributed by atoms with Crippen LogP contribution < -0.4 is 5.69 Å². The highest BCUT2D eigenvalue weighted by Gasteiger charge is 2.09. The lowest BCUT2D eigenvalue weighted by atomic mass is 10.3. The largest absolute Gasteiger partial charge is 0.461 e. The van der Waals surface area contributed by atoms with E-state index >= 15 is 0 Å². The second kappa shape index (κ2) is 3.91. The maximum atomic E-state index is 11.5. The highest BCUT2D eigenvalue weighted by molar-refractivity contribution is 5.93. The average molecular weight is 204 g/mol. The Balaban J connectivity index is 2.20. The van der Waals surface area contributed by atoms with E-state index in [0.29, 0.717) is 0 Å². The van der Waals surface area contributed by atoms with Crippen molar-refractivity contribution in [3.05, 3.63) is 53.1 Å². The Bertz CT molecular complexity index is 513. The van der Waals surface area contributed by atoms with Crippen molar-refractivity contribution in [3.8, 4) is 0 Å². The summed E-state index contributed by atoms with van der Waals surface area (Å²) in [5, 5.41) is 0. The third-order valence-electron chi connectivity index (χ3n) is 1.89. The minimum absolute atomic E-state index is 0.0554. The molecule has 0 aliphatic carbocycles. The molecular weight excluding hydrogens is 196 g/mol. The normalized spacial score (nSPS) is 10.1. The SMILES string of the molecule is O=C(Cn1cccnc1=O)c1ccco1. The van der Waals surface area contributed by atoms with Crippen molar-refractivity contribution in [1.82, 2.24) is 9.55 Å². The first-order valence-corrected chi connectivity index (χ1v) is 4.35. The van der Waals surface area contributed by atoms with Crippen LogP contribution >= 0.6 is 0 Å². The summed E-state index contributed by atoms with van der Waals surface area (Å²) in [6.45, 7) is -0.0554. The van der Waals surface area contributed by atoms with E-state index in [9.17, 15) is 9.59 Å². The van der Waals surface area contributed by atoms with Gasteiger partial charge in [0.25, 0.3) is 0 Å². The van der Waals surface area contributed by atoms with Crippen molar-refractivity contribution in [3.63, 3.8) is 0 Å². The molecule has 0 aliphatic heterocycles. The Morgan fingerprint density at radius 2 is 2.33 bits per heavy atom. The van der Waals surface area contributed by atoms with E-state index in [1.165, 1.54) is 23.2 Å². The van der Waals surface area contributed by atoms with E-state index in [-0.39, 0.29) is 18.1 Å². The molecule has 5 heteroatoms. The number of hydrogen-bond acceptors (Lipinski definition) is 4. The molecule has 0 N–H and O–H groups in total. The first-order valence-electron chi connectivity index (χ1n) is 4.35. The number of nitrogens with zero attached hydrogens (tertiary/aromatic N) is 2. The average Bonchev–Trinajstić information content (AvgIpc) is 2.74. The molecular formula is C10H8N2O3. The zero-order valence-corrected chi connectivity index (χ0v) is 7.79. The molecule has 2 rings (SSSR count). The van der Waals surface area contributed by atoms with Crippen molar-refractivity contribution in [2.24, 2.45) is 0 Å². The Labute approximate surface area is 85.0 Å². The predicted octanol–water partition coefficient (Wildman–Crippen LogP) is 0.719. The van der Waals surface area contributed by atoms with Gasteiger partial charge in [0.1, 0.15) is 0 Å². The fourth-order valence-corrected chi connectivity index (χ4v) is 1.18. The molecule has 0 aromatic carbocycles. The molecule has 0 atom stereocenters. The number of furan rings is 1. The lowest BCUT2D eigenvalue weighted by Gasteiger charge is -2.00. The van der Waals surface area contributed by atoms with Gasteiger partial charge < -0.3 is 4.42 Å². The lowest BCUT2D eigenvalue weighted by Crippen LogP contribution is -2.25. The smallest absolute Gasteiger partial charge is 0.347 e. The highest BCUT2D eigenvalue weighted by atomic mass is 16.3. The summed E-state index contributed by atoms with van der Waals surface area (Å²) >= 11 is 0. The number of carbonyl (C=O) groups excluding carboxylic acids is 1. The molecule has 2 aromatic heterocycles. The van der Waals surface area contributed by atoms with E-state index in [2.05, 4.69) is 4.98 Å². The first-order chi connectivity index (χ1) is 7.27. The van der Waals surface area contributed by atoms with Gasteiger partial charge in [0.05, 0.1) is 12.8 Å². The summed E-state index contributed by atoms with van der Waals surface area (Å²) in [6.07, 6.45) is 4.31. The Morgan fingerprint density at radius 1 is 1.47 bits per heavy atom. The van der Waals surface area contributed by atoms with Crippen molar-refractivity contribution in [2.75, 3.05) is 0 Å². The number of rotatable bonds is 3. The summed E-state index contributed by atoms with van der Waals surface area (Å²) in [6, 6.07) is 4.78. The summed E-state index contributed by atoms with van der Waals surface area (Å²) in [5.74, 6) is -0.0131. The highest BCUT2D eigenvalue weighted by Crippen LogP contribution is 2.01. The third kappa shape index (κ3) is 2.01. The van der Waals surface area contributed by atoms with Gasteiger partial charge in [-0.15, -0.1) is 0 Å². The van der Waals surface area contributed by atoms with Gasteiger partial charge in [-0.1, -0.05) is 0 Å². The molecule has 2 heterocycles. The first kappa shape index (κ1) is 9.39. The van der Waals surface area contributed by atoms with E-state index < -0.39 is 5.69 Å². The molecule has 2 aromatic rings. The van der Waals surface area contributed by atoms with Gasteiger partial charge >= 0.3 is 5.69 Å². The molecule has 0 radical (unpaired) electrons. The molecule has 0 bridgehead atoms. The minimum Gasteiger partial charge on any atom is -0.461 e. The second-order valence-corrected chi connectivity index (χ2v) is 2.93. The van der Waals surface area contributed by atoms with E-state index in [0.717, 1.165) is 0 Å². The van der Waals surface area contributed by atoms with Crippen LogP contribution in [0.1, 0.15) is 10.6 Å². The van der Waals surface area contributed by atoms with Crippen molar-refractivity contribution in [1.29, 1.82) is 0 Å². The molecule has 0 amide bonds. The minimum atomic E-state index is -0.447. The van der Waals surface area contributed by atoms with E-state index in [1.807, 2.05) is 0 Å². The van der Waals surface area contributed by atoms with E-state index in [4.69, 9.17) is 4.42 Å². The van der Waals surface area contributed by atoms with Crippen LogP contribution in [0.2, 0.25) is 0 Å². The van der Waals surface area contributed by atoms with Crippen LogP contribution in [0.25, 0.3) is 0 Å². The van der Waals surface area contributed by atoms with Gasteiger partial charge in [0.2, 0.25) is 5.78 Å². The Kier molecular flexibility index (Phi) is 2.45. The van der Waals surface area contributed by atoms with Crippen molar-refractivity contribution >= 4 is 5.78 Å². The van der Waals surface area contributed by atoms with Crippen LogP contribution in [-0.4, -0.2) is 15.3 Å². The molecule has 5 nitrogen and oxygen atoms in total. The molecule has 0 spiro atoms. The standard InChI is InChI=1S/C10H8N2O3/c13-8(9-3-1-6-15-9)7-12-5-2-4-11-10(12)14/h1-6H,7H2. The molecule has 15 heavy (non-hydrogen) atoms. The number of carbonyl (C=O) groups is 1. The summed E-state index contributed by atoms with van der Waals surface area (Å²) < 4.78 is 6.15. The van der Waals surface area contributed by atoms with Crippen LogP contribution in [0, 0.1) is 0 Å². The predicted molar refractivity (Wildman–Crippen MR) is 51.5 cm³/mol. The number of ketones is 1. The van der Waals surface area contributed by atoms with Gasteiger partial charge in [0.15, 0.2) is 5.76 Å². The van der Waals surface area contributed by atoms with Crippen LogP contribution in [0.3, 0.4) is 0 Å². The number of Topliss-reactive ketones (excluding diaryl/α,β-unsaturated/α-hetero) is 1. The van der Waals surface area contributed by atoms with Crippen LogP contribution in [0.15, 0.2) is 46.1 Å². The Morgan fingerprint density at radius 3 is 3.00 bits per heavy atom. The maximum absolute atomic E-state index is 11.5. The van der Waals surface area contributed by atoms with Crippen molar-refractivity contribution in [2.45, 2.75) is 6.54 Å². The monoisotopic (exact) mass is 204 g/mol. The van der Waals surface area contributed by atoms with Crippen molar-refractivity contribution < 1.29 is 9.21 Å². The molecule has 0 saturated heterocycles. The zero-order chi connectivity index (χ0) is 10.7. The molecule has 0 aliphatic rings. The van der Waals surface area contributed by atoms with Gasteiger partial charge in [0, 0.05) is 12.4 Å². The maximum Gasteiger partial charge on any atom is 0.347 e. The van der Waals surface area contributed by atoms with Crippen LogP contribution in [0.4, 0.5) is 0 Å². The number of aromatic nitrogens is 2. The van der Waals surface area contributed by atoms with Gasteiger partial charge in [-0.05, 0) is 18.2 Å². The van der Waals surface area contributed by atoms with E-state index in [1.54, 1.807) is 18.2 Å². The lowest BCUT2D eigenvalue weighted by molar-refractivity contribution is 0.0943. The fraction of sp³-hybridized carbons (Fsp3) is 0.100. The molecule has 0 unspecified atom stereocenters. The molecule has 76 valence electrons. The summed E-state index contributed by atoms with van der Waals surface area (Å²) in [7, 11) is 0. The second-order valence-electron chi connectivity index (χ2n) is 2.93. The summed E-state index contributed by atoms with van der Waals surface area (Å²) in [4.78, 5) is 26.3. The zero-order valence-electron chi connectivity index (χ0n) is 7.79. The van der Waals surface area contributed by atoms with Gasteiger partial charge in [-0.2, -0.15) is 0 Å². The van der Waals surface area contributed by atoms with Crippen LogP contribution in [0.5, 0.6) is 0 Å². The summed E-state index contributed by atoms with van der Waals surface area (Å²) in [5.41, 5.74) is -0.447. The topological polar surface area (TPSA) is 65.1 Å². The fourth-order valence-electron chi connectivity index (χ4n) is 1.18. The van der Waals surface area contributed by atoms with Gasteiger partial charge in [-0.3, -0.25) is 9.36 Å².